The van der Waals surface area contributed by atoms with E-state index in [1.54, 1.807) is 6.07 Å². The van der Waals surface area contributed by atoms with Crippen LogP contribution in [0.1, 0.15) is 36.5 Å². The molecule has 0 atom stereocenters. The summed E-state index contributed by atoms with van der Waals surface area (Å²) in [5.41, 5.74) is 0.200. The van der Waals surface area contributed by atoms with Gasteiger partial charge in [-0.05, 0) is 50.6 Å². The minimum absolute atomic E-state index is 0.0226. The number of carboxylic acids is 1. The second-order valence-corrected chi connectivity index (χ2v) is 5.74. The zero-order chi connectivity index (χ0) is 15.5. The van der Waals surface area contributed by atoms with Crippen LogP contribution in [0.5, 0.6) is 0 Å². The van der Waals surface area contributed by atoms with E-state index < -0.39 is 5.97 Å². The van der Waals surface area contributed by atoms with E-state index in [0.717, 1.165) is 32.4 Å². The fourth-order valence-corrected chi connectivity index (χ4v) is 2.94. The summed E-state index contributed by atoms with van der Waals surface area (Å²) in [6.45, 7) is 3.69. The second kappa shape index (κ2) is 6.45. The molecule has 0 aromatic heterocycles. The normalized spacial score (nSPS) is 17.2. The second-order valence-electron chi connectivity index (χ2n) is 5.34. The van der Waals surface area contributed by atoms with Crippen molar-refractivity contribution in [1.29, 1.82) is 0 Å². The molecule has 1 fully saturated rings. The lowest BCUT2D eigenvalue weighted by Crippen LogP contribution is -2.44. The lowest BCUT2D eigenvalue weighted by atomic mass is 9.76. The number of aromatic carboxylic acids is 1. The summed E-state index contributed by atoms with van der Waals surface area (Å²) in [4.78, 5) is 23.5. The minimum atomic E-state index is -1.08. The number of amides is 1. The average molecular weight is 311 g/mol. The van der Waals surface area contributed by atoms with Crippen LogP contribution < -0.4 is 10.6 Å². The number of hydrogen-bond acceptors (Lipinski definition) is 3. The number of piperidine rings is 1. The molecule has 3 N–H and O–H groups in total. The van der Waals surface area contributed by atoms with E-state index in [4.69, 9.17) is 16.7 Å². The molecule has 5 nitrogen and oxygen atoms in total. The smallest absolute Gasteiger partial charge is 0.337 e. The van der Waals surface area contributed by atoms with Crippen molar-refractivity contribution < 1.29 is 14.7 Å². The summed E-state index contributed by atoms with van der Waals surface area (Å²) in [6.07, 6.45) is 2.38. The van der Waals surface area contributed by atoms with Crippen LogP contribution in [0.25, 0.3) is 0 Å². The van der Waals surface area contributed by atoms with Crippen molar-refractivity contribution in [3.05, 3.63) is 28.8 Å². The van der Waals surface area contributed by atoms with Crippen LogP contribution >= 0.6 is 11.6 Å². The van der Waals surface area contributed by atoms with Crippen LogP contribution in [0.2, 0.25) is 5.02 Å². The Kier molecular flexibility index (Phi) is 4.85. The zero-order valence-corrected chi connectivity index (χ0v) is 12.7. The molecule has 0 spiro atoms. The SMILES string of the molecule is CCC1(C(=O)Nc2ccc(C(=O)O)c(Cl)c2)CCNCC1. The standard InChI is InChI=1S/C15H19ClN2O3/c1-2-15(5-7-17-8-6-15)14(21)18-10-3-4-11(13(19)20)12(16)9-10/h3-4,9,17H,2,5-8H2,1H3,(H,18,21)(H,19,20). The van der Waals surface area contributed by atoms with Crippen LogP contribution in [0.4, 0.5) is 5.69 Å². The van der Waals surface area contributed by atoms with Crippen molar-refractivity contribution >= 4 is 29.2 Å². The van der Waals surface area contributed by atoms with Crippen LogP contribution in [0.15, 0.2) is 18.2 Å². The topological polar surface area (TPSA) is 78.4 Å². The Bertz CT molecular complexity index is 554. The van der Waals surface area contributed by atoms with E-state index in [1.807, 2.05) is 6.92 Å². The lowest BCUT2D eigenvalue weighted by molar-refractivity contribution is -0.127. The summed E-state index contributed by atoms with van der Waals surface area (Å²) in [5.74, 6) is -1.10. The van der Waals surface area contributed by atoms with Gasteiger partial charge in [0.05, 0.1) is 16.0 Å². The molecule has 2 rings (SSSR count). The van der Waals surface area contributed by atoms with Crippen molar-refractivity contribution in [3.63, 3.8) is 0 Å². The highest BCUT2D eigenvalue weighted by atomic mass is 35.5. The molecular formula is C15H19ClN2O3. The number of carbonyl (C=O) groups is 2. The number of anilines is 1. The van der Waals surface area contributed by atoms with E-state index >= 15 is 0 Å². The highest BCUT2D eigenvalue weighted by molar-refractivity contribution is 6.33. The maximum atomic E-state index is 12.6. The van der Waals surface area contributed by atoms with Gasteiger partial charge < -0.3 is 15.7 Å². The monoisotopic (exact) mass is 310 g/mol. The number of hydrogen-bond donors (Lipinski definition) is 3. The number of nitrogens with one attached hydrogen (secondary N) is 2. The Morgan fingerprint density at radius 1 is 1.38 bits per heavy atom. The fraction of sp³-hybridized carbons (Fsp3) is 0.467. The zero-order valence-electron chi connectivity index (χ0n) is 11.9. The maximum Gasteiger partial charge on any atom is 0.337 e. The molecular weight excluding hydrogens is 292 g/mol. The van der Waals surface area contributed by atoms with E-state index in [9.17, 15) is 9.59 Å². The summed E-state index contributed by atoms with van der Waals surface area (Å²) in [7, 11) is 0. The number of rotatable bonds is 4. The fourth-order valence-electron chi connectivity index (χ4n) is 2.68. The van der Waals surface area contributed by atoms with Crippen LogP contribution in [-0.2, 0) is 4.79 Å². The Morgan fingerprint density at radius 2 is 2.05 bits per heavy atom. The number of carboxylic acid groups (broad SMARTS) is 1. The first-order valence-electron chi connectivity index (χ1n) is 7.03. The van der Waals surface area contributed by atoms with Gasteiger partial charge in [0.15, 0.2) is 0 Å². The van der Waals surface area contributed by atoms with Gasteiger partial charge in [0.25, 0.3) is 0 Å². The Balaban J connectivity index is 2.15. The van der Waals surface area contributed by atoms with E-state index in [1.165, 1.54) is 12.1 Å². The van der Waals surface area contributed by atoms with Gasteiger partial charge in [-0.1, -0.05) is 18.5 Å². The average Bonchev–Trinajstić information content (AvgIpc) is 2.47. The number of halogens is 1. The van der Waals surface area contributed by atoms with Crippen molar-refractivity contribution in [2.24, 2.45) is 5.41 Å². The van der Waals surface area contributed by atoms with Gasteiger partial charge in [-0.3, -0.25) is 4.79 Å². The van der Waals surface area contributed by atoms with Gasteiger partial charge in [-0.15, -0.1) is 0 Å². The highest BCUT2D eigenvalue weighted by Gasteiger charge is 2.37. The Morgan fingerprint density at radius 3 is 2.57 bits per heavy atom. The summed E-state index contributed by atoms with van der Waals surface area (Å²) in [5, 5.41) is 15.2. The lowest BCUT2D eigenvalue weighted by Gasteiger charge is -2.35. The molecule has 0 unspecified atom stereocenters. The number of carbonyl (C=O) groups excluding carboxylic acids is 1. The minimum Gasteiger partial charge on any atom is -0.478 e. The molecule has 1 aliphatic rings. The third-order valence-corrected chi connectivity index (χ3v) is 4.49. The summed E-state index contributed by atoms with van der Waals surface area (Å²) in [6, 6.07) is 4.45. The third-order valence-electron chi connectivity index (χ3n) is 4.18. The van der Waals surface area contributed by atoms with Gasteiger partial charge in [-0.25, -0.2) is 4.79 Å². The van der Waals surface area contributed by atoms with Crippen molar-refractivity contribution in [2.75, 3.05) is 18.4 Å². The maximum absolute atomic E-state index is 12.6. The highest BCUT2D eigenvalue weighted by Crippen LogP contribution is 2.34. The largest absolute Gasteiger partial charge is 0.478 e. The first-order valence-corrected chi connectivity index (χ1v) is 7.41. The quantitative estimate of drug-likeness (QED) is 0.799. The molecule has 1 saturated heterocycles. The predicted molar refractivity (Wildman–Crippen MR) is 81.9 cm³/mol. The van der Waals surface area contributed by atoms with Gasteiger partial charge in [0.2, 0.25) is 5.91 Å². The first kappa shape index (κ1) is 15.8. The van der Waals surface area contributed by atoms with Gasteiger partial charge in [-0.2, -0.15) is 0 Å². The van der Waals surface area contributed by atoms with E-state index in [-0.39, 0.29) is 21.9 Å². The number of benzene rings is 1. The summed E-state index contributed by atoms with van der Waals surface area (Å²) < 4.78 is 0. The van der Waals surface area contributed by atoms with Crippen LogP contribution in [0.3, 0.4) is 0 Å². The molecule has 0 aliphatic carbocycles. The van der Waals surface area contributed by atoms with Crippen molar-refractivity contribution in [2.45, 2.75) is 26.2 Å². The predicted octanol–water partition coefficient (Wildman–Crippen LogP) is 2.76. The molecule has 21 heavy (non-hydrogen) atoms. The third kappa shape index (κ3) is 3.36. The molecule has 114 valence electrons. The molecule has 0 saturated carbocycles. The van der Waals surface area contributed by atoms with E-state index in [2.05, 4.69) is 10.6 Å². The van der Waals surface area contributed by atoms with Crippen LogP contribution in [-0.4, -0.2) is 30.1 Å². The molecule has 0 radical (unpaired) electrons. The van der Waals surface area contributed by atoms with Gasteiger partial charge in [0.1, 0.15) is 0 Å². The van der Waals surface area contributed by atoms with E-state index in [0.29, 0.717) is 5.69 Å². The Hall–Kier alpha value is -1.59. The van der Waals surface area contributed by atoms with Crippen molar-refractivity contribution in [1.82, 2.24) is 5.32 Å². The van der Waals surface area contributed by atoms with Crippen LogP contribution in [0, 0.1) is 5.41 Å². The first-order chi connectivity index (χ1) is 9.98. The molecule has 1 aliphatic heterocycles. The molecule has 0 bridgehead atoms. The summed E-state index contributed by atoms with van der Waals surface area (Å²) >= 11 is 5.92. The Labute approximate surface area is 128 Å². The molecule has 1 aromatic carbocycles. The van der Waals surface area contributed by atoms with Gasteiger partial charge >= 0.3 is 5.97 Å². The molecule has 1 aromatic rings. The van der Waals surface area contributed by atoms with Crippen molar-refractivity contribution in [3.8, 4) is 0 Å². The van der Waals surface area contributed by atoms with Gasteiger partial charge in [0, 0.05) is 5.69 Å². The molecule has 6 heteroatoms. The molecule has 1 heterocycles. The molecule has 1 amide bonds.